The molecule has 2 atom stereocenters. The minimum absolute atomic E-state index is 0.0316. The number of rotatable bonds is 9. The maximum Gasteiger partial charge on any atom is 0.108 e. The molecule has 3 heteroatoms. The summed E-state index contributed by atoms with van der Waals surface area (Å²) in [5, 5.41) is 12.3. The number of hydrogen-bond donors (Lipinski definition) is 1. The Labute approximate surface area is 101 Å². The molecule has 0 spiro atoms. The smallest absolute Gasteiger partial charge is 0.108 e. The lowest BCUT2D eigenvalue weighted by Gasteiger charge is -2.30. The van der Waals surface area contributed by atoms with Crippen LogP contribution in [0.5, 0.6) is 0 Å². The zero-order chi connectivity index (χ0) is 12.4. The van der Waals surface area contributed by atoms with Crippen LogP contribution < -0.4 is 5.32 Å². The van der Waals surface area contributed by atoms with Crippen molar-refractivity contribution in [1.29, 1.82) is 5.26 Å². The third-order valence-corrected chi connectivity index (χ3v) is 3.04. The molecule has 3 nitrogen and oxygen atoms in total. The Morgan fingerprint density at radius 3 is 2.44 bits per heavy atom. The van der Waals surface area contributed by atoms with Crippen molar-refractivity contribution in [3.63, 3.8) is 0 Å². The van der Waals surface area contributed by atoms with E-state index in [1.165, 1.54) is 12.8 Å². The van der Waals surface area contributed by atoms with Gasteiger partial charge in [-0.2, -0.15) is 5.26 Å². The maximum atomic E-state index is 9.05. The monoisotopic (exact) mass is 225 g/mol. The van der Waals surface area contributed by atoms with Crippen LogP contribution in [0.2, 0.25) is 0 Å². The summed E-state index contributed by atoms with van der Waals surface area (Å²) in [7, 11) is 0. The summed E-state index contributed by atoms with van der Waals surface area (Å²) in [4.78, 5) is 2.43. The van der Waals surface area contributed by atoms with Crippen molar-refractivity contribution in [1.82, 2.24) is 10.2 Å². The summed E-state index contributed by atoms with van der Waals surface area (Å²) in [6.07, 6.45) is 3.58. The van der Waals surface area contributed by atoms with Crippen molar-refractivity contribution in [2.24, 2.45) is 0 Å². The van der Waals surface area contributed by atoms with Gasteiger partial charge in [-0.15, -0.1) is 0 Å². The highest BCUT2D eigenvalue weighted by molar-refractivity contribution is 4.92. The number of hydrogen-bond acceptors (Lipinski definition) is 3. The van der Waals surface area contributed by atoms with Gasteiger partial charge in [0.25, 0.3) is 0 Å². The normalized spacial score (nSPS) is 14.8. The molecule has 1 N–H and O–H groups in total. The van der Waals surface area contributed by atoms with Gasteiger partial charge in [0.1, 0.15) is 6.04 Å². The molecular formula is C13H27N3. The molecular weight excluding hydrogens is 198 g/mol. The minimum atomic E-state index is -0.0316. The van der Waals surface area contributed by atoms with E-state index in [0.717, 1.165) is 26.1 Å². The summed E-state index contributed by atoms with van der Waals surface area (Å²) in [5.41, 5.74) is 0. The summed E-state index contributed by atoms with van der Waals surface area (Å²) in [6, 6.07) is 2.87. The quantitative estimate of drug-likeness (QED) is 0.655. The molecule has 0 saturated carbocycles. The zero-order valence-electron chi connectivity index (χ0n) is 11.3. The highest BCUT2D eigenvalue weighted by Gasteiger charge is 2.16. The van der Waals surface area contributed by atoms with Crippen LogP contribution in [-0.4, -0.2) is 36.6 Å². The van der Waals surface area contributed by atoms with Gasteiger partial charge in [0.15, 0.2) is 0 Å². The van der Waals surface area contributed by atoms with E-state index in [-0.39, 0.29) is 6.04 Å². The Hall–Kier alpha value is -0.590. The number of unbranched alkanes of at least 4 members (excludes halogenated alkanes) is 1. The van der Waals surface area contributed by atoms with Crippen LogP contribution in [0, 0.1) is 11.3 Å². The molecule has 0 amide bonds. The lowest BCUT2D eigenvalue weighted by atomic mass is 10.1. The number of likely N-dealkylation sites (N-methyl/N-ethyl adjacent to an activating group) is 1. The average Bonchev–Trinajstić information content (AvgIpc) is 2.32. The molecule has 0 saturated heterocycles. The summed E-state index contributed by atoms with van der Waals surface area (Å²) in [6.45, 7) is 11.5. The molecule has 0 fully saturated rings. The highest BCUT2D eigenvalue weighted by atomic mass is 15.2. The second-order valence-electron chi connectivity index (χ2n) is 4.35. The van der Waals surface area contributed by atoms with Gasteiger partial charge in [0, 0.05) is 12.6 Å². The van der Waals surface area contributed by atoms with Gasteiger partial charge < -0.3 is 5.32 Å². The highest BCUT2D eigenvalue weighted by Crippen LogP contribution is 2.06. The molecule has 0 heterocycles. The van der Waals surface area contributed by atoms with E-state index in [1.54, 1.807) is 0 Å². The van der Waals surface area contributed by atoms with Gasteiger partial charge in [-0.05, 0) is 32.9 Å². The van der Waals surface area contributed by atoms with Crippen molar-refractivity contribution >= 4 is 0 Å². The fraction of sp³-hybridized carbons (Fsp3) is 0.923. The lowest BCUT2D eigenvalue weighted by Crippen LogP contribution is -2.44. The molecule has 0 aliphatic carbocycles. The van der Waals surface area contributed by atoms with Crippen LogP contribution in [0.3, 0.4) is 0 Å². The number of nitriles is 1. The molecule has 0 aliphatic heterocycles. The van der Waals surface area contributed by atoms with Gasteiger partial charge in [-0.1, -0.05) is 27.2 Å². The van der Waals surface area contributed by atoms with Gasteiger partial charge in [-0.3, -0.25) is 4.90 Å². The first-order chi connectivity index (χ1) is 7.69. The predicted molar refractivity (Wildman–Crippen MR) is 69.3 cm³/mol. The Morgan fingerprint density at radius 1 is 1.31 bits per heavy atom. The van der Waals surface area contributed by atoms with Gasteiger partial charge in [-0.25, -0.2) is 0 Å². The molecule has 0 aromatic heterocycles. The van der Waals surface area contributed by atoms with Crippen LogP contribution in [0.15, 0.2) is 0 Å². The van der Waals surface area contributed by atoms with E-state index >= 15 is 0 Å². The van der Waals surface area contributed by atoms with E-state index in [0.29, 0.717) is 6.04 Å². The molecule has 0 aromatic carbocycles. The molecule has 0 radical (unpaired) electrons. The van der Waals surface area contributed by atoms with Crippen LogP contribution >= 0.6 is 0 Å². The zero-order valence-corrected chi connectivity index (χ0v) is 11.3. The second kappa shape index (κ2) is 9.62. The van der Waals surface area contributed by atoms with Gasteiger partial charge in [0.05, 0.1) is 6.07 Å². The van der Waals surface area contributed by atoms with E-state index in [4.69, 9.17) is 5.26 Å². The van der Waals surface area contributed by atoms with Crippen LogP contribution in [0.1, 0.15) is 47.0 Å². The molecule has 16 heavy (non-hydrogen) atoms. The van der Waals surface area contributed by atoms with Crippen LogP contribution in [0.4, 0.5) is 0 Å². The van der Waals surface area contributed by atoms with Crippen molar-refractivity contribution < 1.29 is 0 Å². The van der Waals surface area contributed by atoms with Gasteiger partial charge in [0.2, 0.25) is 0 Å². The predicted octanol–water partition coefficient (Wildman–Crippen LogP) is 2.39. The second-order valence-corrected chi connectivity index (χ2v) is 4.35. The first-order valence-corrected chi connectivity index (χ1v) is 6.56. The molecule has 0 rings (SSSR count). The average molecular weight is 225 g/mol. The molecule has 94 valence electrons. The lowest BCUT2D eigenvalue weighted by molar-refractivity contribution is 0.191. The van der Waals surface area contributed by atoms with Gasteiger partial charge >= 0.3 is 0 Å². The fourth-order valence-corrected chi connectivity index (χ4v) is 1.74. The molecule has 2 unspecified atom stereocenters. The van der Waals surface area contributed by atoms with Crippen molar-refractivity contribution in [3.05, 3.63) is 0 Å². The first-order valence-electron chi connectivity index (χ1n) is 6.56. The topological polar surface area (TPSA) is 39.1 Å². The molecule has 0 aromatic rings. The third-order valence-electron chi connectivity index (χ3n) is 3.04. The fourth-order valence-electron chi connectivity index (χ4n) is 1.74. The summed E-state index contributed by atoms with van der Waals surface area (Å²) in [5.74, 6) is 0. The largest absolute Gasteiger partial charge is 0.301 e. The van der Waals surface area contributed by atoms with Crippen molar-refractivity contribution in [3.8, 4) is 6.07 Å². The third kappa shape index (κ3) is 6.09. The summed E-state index contributed by atoms with van der Waals surface area (Å²) >= 11 is 0. The maximum absolute atomic E-state index is 9.05. The van der Waals surface area contributed by atoms with E-state index in [1.807, 2.05) is 6.92 Å². The number of nitrogens with zero attached hydrogens (tertiary/aromatic N) is 2. The Kier molecular flexibility index (Phi) is 9.27. The minimum Gasteiger partial charge on any atom is -0.301 e. The summed E-state index contributed by atoms with van der Waals surface area (Å²) < 4.78 is 0. The first kappa shape index (κ1) is 15.4. The molecule has 0 aliphatic rings. The number of nitrogens with one attached hydrogen (secondary N) is 1. The SMILES string of the molecule is CCCCN(CC(C#N)NCC)C(C)CC. The van der Waals surface area contributed by atoms with Crippen LogP contribution in [0.25, 0.3) is 0 Å². The van der Waals surface area contributed by atoms with E-state index < -0.39 is 0 Å². The Bertz CT molecular complexity index is 198. The van der Waals surface area contributed by atoms with Crippen molar-refractivity contribution in [2.45, 2.75) is 59.0 Å². The standard InChI is InChI=1S/C13H27N3/c1-5-8-9-16(12(4)6-2)11-13(10-14)15-7-3/h12-13,15H,5-9,11H2,1-4H3. The van der Waals surface area contributed by atoms with E-state index in [9.17, 15) is 0 Å². The Balaban J connectivity index is 4.22. The van der Waals surface area contributed by atoms with Crippen molar-refractivity contribution in [2.75, 3.05) is 19.6 Å². The molecule has 0 bridgehead atoms. The Morgan fingerprint density at radius 2 is 2.00 bits per heavy atom. The van der Waals surface area contributed by atoms with Crippen LogP contribution in [-0.2, 0) is 0 Å². The van der Waals surface area contributed by atoms with E-state index in [2.05, 4.69) is 37.1 Å².